The van der Waals surface area contributed by atoms with E-state index in [0.29, 0.717) is 31.1 Å². The third-order valence-corrected chi connectivity index (χ3v) is 6.10. The lowest BCUT2D eigenvalue weighted by Gasteiger charge is -2.30. The van der Waals surface area contributed by atoms with E-state index in [2.05, 4.69) is 11.4 Å². The Labute approximate surface area is 178 Å². The fraction of sp³-hybridized carbons (Fsp3) is 0.682. The van der Waals surface area contributed by atoms with Crippen LogP contribution >= 0.6 is 0 Å². The van der Waals surface area contributed by atoms with Crippen LogP contribution in [0, 0.1) is 31.1 Å². The summed E-state index contributed by atoms with van der Waals surface area (Å²) < 4.78 is 12.9. The van der Waals surface area contributed by atoms with Crippen LogP contribution in [-0.2, 0) is 25.6 Å². The van der Waals surface area contributed by atoms with Gasteiger partial charge in [0.1, 0.15) is 11.9 Å². The van der Waals surface area contributed by atoms with Crippen molar-refractivity contribution in [1.82, 2.24) is 9.47 Å². The minimum atomic E-state index is -0.189. The van der Waals surface area contributed by atoms with Crippen LogP contribution in [-0.4, -0.2) is 60.3 Å². The van der Waals surface area contributed by atoms with Gasteiger partial charge in [0.15, 0.2) is 0 Å². The molecule has 8 heteroatoms. The molecule has 0 aliphatic carbocycles. The summed E-state index contributed by atoms with van der Waals surface area (Å²) in [6.07, 6.45) is 3.76. The summed E-state index contributed by atoms with van der Waals surface area (Å²) in [5, 5.41) is 12.6. The SMILES string of the molecule is CCOC(=O)[C@H]1CCCN(CC(=O)Nc2c(C#N)c(C)c(C)n2C[C@@H]2CCCO2)C1. The molecule has 2 aliphatic rings. The summed E-state index contributed by atoms with van der Waals surface area (Å²) in [4.78, 5) is 26.9. The molecular weight excluding hydrogens is 384 g/mol. The number of esters is 1. The Bertz CT molecular complexity index is 820. The van der Waals surface area contributed by atoms with Crippen molar-refractivity contribution in [3.8, 4) is 6.07 Å². The van der Waals surface area contributed by atoms with Gasteiger partial charge < -0.3 is 19.4 Å². The van der Waals surface area contributed by atoms with Crippen LogP contribution in [0.25, 0.3) is 0 Å². The van der Waals surface area contributed by atoms with Crippen molar-refractivity contribution >= 4 is 17.7 Å². The van der Waals surface area contributed by atoms with Crippen LogP contribution < -0.4 is 5.32 Å². The van der Waals surface area contributed by atoms with E-state index in [1.54, 1.807) is 6.92 Å². The van der Waals surface area contributed by atoms with Gasteiger partial charge in [0.2, 0.25) is 5.91 Å². The molecule has 0 bridgehead atoms. The van der Waals surface area contributed by atoms with Gasteiger partial charge in [-0.15, -0.1) is 0 Å². The lowest BCUT2D eigenvalue weighted by molar-refractivity contribution is -0.150. The van der Waals surface area contributed by atoms with E-state index in [1.165, 1.54) is 0 Å². The maximum absolute atomic E-state index is 12.8. The third kappa shape index (κ3) is 5.02. The second-order valence-electron chi connectivity index (χ2n) is 8.17. The van der Waals surface area contributed by atoms with Gasteiger partial charge in [0.05, 0.1) is 37.3 Å². The molecule has 0 saturated carbocycles. The maximum atomic E-state index is 12.8. The summed E-state index contributed by atoms with van der Waals surface area (Å²) >= 11 is 0. The number of nitriles is 1. The summed E-state index contributed by atoms with van der Waals surface area (Å²) in [7, 11) is 0. The summed E-state index contributed by atoms with van der Waals surface area (Å²) in [6.45, 7) is 8.90. The summed E-state index contributed by atoms with van der Waals surface area (Å²) in [5.41, 5.74) is 2.35. The number of hydrogen-bond donors (Lipinski definition) is 1. The van der Waals surface area contributed by atoms with Gasteiger partial charge in [-0.2, -0.15) is 5.26 Å². The van der Waals surface area contributed by atoms with Crippen molar-refractivity contribution in [2.24, 2.45) is 5.92 Å². The van der Waals surface area contributed by atoms with Crippen molar-refractivity contribution < 1.29 is 19.1 Å². The Morgan fingerprint density at radius 3 is 2.77 bits per heavy atom. The molecule has 3 rings (SSSR count). The highest BCUT2D eigenvalue weighted by molar-refractivity contribution is 5.93. The average molecular weight is 417 g/mol. The molecule has 1 N–H and O–H groups in total. The monoisotopic (exact) mass is 416 g/mol. The molecule has 1 amide bonds. The number of amides is 1. The first-order chi connectivity index (χ1) is 14.4. The van der Waals surface area contributed by atoms with Gasteiger partial charge >= 0.3 is 5.97 Å². The molecule has 2 fully saturated rings. The number of carbonyl (C=O) groups is 2. The van der Waals surface area contributed by atoms with Crippen LogP contribution in [0.5, 0.6) is 0 Å². The van der Waals surface area contributed by atoms with Crippen LogP contribution in [0.15, 0.2) is 0 Å². The second-order valence-corrected chi connectivity index (χ2v) is 8.17. The van der Waals surface area contributed by atoms with Crippen LogP contribution in [0.1, 0.15) is 49.4 Å². The first-order valence-electron chi connectivity index (χ1n) is 10.8. The van der Waals surface area contributed by atoms with Gasteiger partial charge in [-0.3, -0.25) is 14.5 Å². The molecule has 0 aromatic carbocycles. The zero-order valence-corrected chi connectivity index (χ0v) is 18.2. The Morgan fingerprint density at radius 1 is 1.30 bits per heavy atom. The summed E-state index contributed by atoms with van der Waals surface area (Å²) in [6, 6.07) is 2.24. The Morgan fingerprint density at radius 2 is 2.10 bits per heavy atom. The molecule has 30 heavy (non-hydrogen) atoms. The van der Waals surface area contributed by atoms with E-state index in [1.807, 2.05) is 23.3 Å². The molecule has 0 unspecified atom stereocenters. The lowest BCUT2D eigenvalue weighted by Crippen LogP contribution is -2.43. The number of ether oxygens (including phenoxy) is 2. The Hall–Kier alpha value is -2.37. The number of hydrogen-bond acceptors (Lipinski definition) is 6. The van der Waals surface area contributed by atoms with Gasteiger partial charge in [0, 0.05) is 18.8 Å². The highest BCUT2D eigenvalue weighted by atomic mass is 16.5. The van der Waals surface area contributed by atoms with Crippen LogP contribution in [0.2, 0.25) is 0 Å². The predicted molar refractivity (Wildman–Crippen MR) is 112 cm³/mol. The van der Waals surface area contributed by atoms with E-state index in [0.717, 1.165) is 50.1 Å². The van der Waals surface area contributed by atoms with Crippen molar-refractivity contribution in [2.75, 3.05) is 38.2 Å². The Kier molecular flexibility index (Phi) is 7.51. The van der Waals surface area contributed by atoms with Gasteiger partial charge in [-0.05, 0) is 58.6 Å². The molecule has 164 valence electrons. The van der Waals surface area contributed by atoms with E-state index >= 15 is 0 Å². The molecule has 2 aliphatic heterocycles. The minimum Gasteiger partial charge on any atom is -0.466 e. The lowest BCUT2D eigenvalue weighted by atomic mass is 9.98. The first kappa shape index (κ1) is 22.3. The van der Waals surface area contributed by atoms with Crippen molar-refractivity contribution in [1.29, 1.82) is 5.26 Å². The normalized spacial score (nSPS) is 21.9. The number of nitrogens with one attached hydrogen (secondary N) is 1. The minimum absolute atomic E-state index is 0.102. The van der Waals surface area contributed by atoms with Gasteiger partial charge in [-0.25, -0.2) is 0 Å². The van der Waals surface area contributed by atoms with Gasteiger partial charge in [0.25, 0.3) is 0 Å². The topological polar surface area (TPSA) is 96.6 Å². The second kappa shape index (κ2) is 10.1. The number of rotatable bonds is 7. The summed E-state index contributed by atoms with van der Waals surface area (Å²) in [5.74, 6) is -0.00542. The van der Waals surface area contributed by atoms with Crippen molar-refractivity contribution in [2.45, 2.75) is 59.1 Å². The van der Waals surface area contributed by atoms with Crippen molar-refractivity contribution in [3.05, 3.63) is 16.8 Å². The van der Waals surface area contributed by atoms with E-state index in [9.17, 15) is 14.9 Å². The number of aromatic nitrogens is 1. The highest BCUT2D eigenvalue weighted by Crippen LogP contribution is 2.28. The molecule has 3 heterocycles. The van der Waals surface area contributed by atoms with Crippen molar-refractivity contribution in [3.63, 3.8) is 0 Å². The Balaban J connectivity index is 1.69. The molecule has 0 radical (unpaired) electrons. The molecule has 2 saturated heterocycles. The zero-order valence-electron chi connectivity index (χ0n) is 18.2. The molecule has 8 nitrogen and oxygen atoms in total. The molecule has 2 atom stereocenters. The third-order valence-electron chi connectivity index (χ3n) is 6.10. The fourth-order valence-electron chi connectivity index (χ4n) is 4.38. The molecule has 1 aromatic rings. The van der Waals surface area contributed by atoms with E-state index in [4.69, 9.17) is 9.47 Å². The molecular formula is C22H32N4O4. The van der Waals surface area contributed by atoms with E-state index in [-0.39, 0.29) is 30.4 Å². The zero-order chi connectivity index (χ0) is 21.7. The number of carbonyl (C=O) groups excluding carboxylic acids is 2. The first-order valence-corrected chi connectivity index (χ1v) is 10.8. The number of piperidine rings is 1. The number of likely N-dealkylation sites (tertiary alicyclic amines) is 1. The molecule has 0 spiro atoms. The largest absolute Gasteiger partial charge is 0.466 e. The fourth-order valence-corrected chi connectivity index (χ4v) is 4.38. The number of anilines is 1. The molecule has 1 aromatic heterocycles. The quantitative estimate of drug-likeness (QED) is 0.686. The maximum Gasteiger partial charge on any atom is 0.310 e. The van der Waals surface area contributed by atoms with Gasteiger partial charge in [-0.1, -0.05) is 0 Å². The highest BCUT2D eigenvalue weighted by Gasteiger charge is 2.29. The standard InChI is InChI=1S/C22H32N4O4/c1-4-29-22(28)17-7-5-9-25(12-17)14-20(27)24-21-19(11-23)15(2)16(3)26(21)13-18-8-6-10-30-18/h17-18H,4-10,12-14H2,1-3H3,(H,24,27)/t17-,18-/m0/s1. The van der Waals surface area contributed by atoms with E-state index < -0.39 is 0 Å². The van der Waals surface area contributed by atoms with Crippen LogP contribution in [0.3, 0.4) is 0 Å². The number of nitrogens with zero attached hydrogens (tertiary/aromatic N) is 3. The smallest absolute Gasteiger partial charge is 0.310 e. The average Bonchev–Trinajstić information content (AvgIpc) is 3.31. The van der Waals surface area contributed by atoms with Crippen LogP contribution in [0.4, 0.5) is 5.82 Å². The predicted octanol–water partition coefficient (Wildman–Crippen LogP) is 2.37.